The lowest BCUT2D eigenvalue weighted by Crippen LogP contribution is -1.99. The van der Waals surface area contributed by atoms with Crippen molar-refractivity contribution < 1.29 is 9.09 Å². The molecule has 0 aromatic carbocycles. The van der Waals surface area contributed by atoms with E-state index in [1.165, 1.54) is 25.7 Å². The van der Waals surface area contributed by atoms with Crippen LogP contribution in [0.15, 0.2) is 0 Å². The lowest BCUT2D eigenvalue weighted by atomic mass is 10.0. The zero-order valence-corrected chi connectivity index (χ0v) is 8.56. The summed E-state index contributed by atoms with van der Waals surface area (Å²) in [4.78, 5) is 0. The maximum Gasteiger partial charge on any atom is 0.327 e. The third-order valence-corrected chi connectivity index (χ3v) is 3.19. The van der Waals surface area contributed by atoms with Crippen LogP contribution in [-0.4, -0.2) is 6.61 Å². The first-order valence-electron chi connectivity index (χ1n) is 4.81. The first kappa shape index (κ1) is 10.1. The van der Waals surface area contributed by atoms with Crippen molar-refractivity contribution in [1.29, 1.82) is 0 Å². The lowest BCUT2D eigenvalue weighted by Gasteiger charge is -2.07. The Morgan fingerprint density at radius 3 is 2.75 bits per heavy atom. The Labute approximate surface area is 76.0 Å². The molecule has 12 heavy (non-hydrogen) atoms. The Balaban J connectivity index is 2.06. The highest BCUT2D eigenvalue weighted by Crippen LogP contribution is 2.34. The fourth-order valence-electron chi connectivity index (χ4n) is 2.07. The SMILES string of the molecule is CCC1CCC(CCOP=O)C1. The van der Waals surface area contributed by atoms with Crippen LogP contribution in [-0.2, 0) is 9.09 Å². The molecule has 2 unspecified atom stereocenters. The normalized spacial score (nSPS) is 29.8. The Morgan fingerprint density at radius 1 is 1.42 bits per heavy atom. The summed E-state index contributed by atoms with van der Waals surface area (Å²) in [6.07, 6.45) is 6.49. The van der Waals surface area contributed by atoms with Crippen molar-refractivity contribution in [3.63, 3.8) is 0 Å². The molecule has 1 aliphatic carbocycles. The molecule has 1 fully saturated rings. The quantitative estimate of drug-likeness (QED) is 0.488. The van der Waals surface area contributed by atoms with E-state index in [-0.39, 0.29) is 8.69 Å². The molecule has 0 N–H and O–H groups in total. The van der Waals surface area contributed by atoms with Gasteiger partial charge in [-0.3, -0.25) is 4.52 Å². The van der Waals surface area contributed by atoms with Crippen LogP contribution in [0.5, 0.6) is 0 Å². The number of hydrogen-bond donors (Lipinski definition) is 0. The molecule has 1 aliphatic rings. The van der Waals surface area contributed by atoms with Crippen LogP contribution in [0.2, 0.25) is 0 Å². The summed E-state index contributed by atoms with van der Waals surface area (Å²) in [6.45, 7) is 2.92. The van der Waals surface area contributed by atoms with Gasteiger partial charge in [-0.15, -0.1) is 0 Å². The van der Waals surface area contributed by atoms with E-state index in [2.05, 4.69) is 6.92 Å². The molecule has 0 aromatic heterocycles. The first-order valence-corrected chi connectivity index (χ1v) is 5.54. The van der Waals surface area contributed by atoms with Gasteiger partial charge in [0.1, 0.15) is 0 Å². The molecule has 0 heterocycles. The van der Waals surface area contributed by atoms with Crippen molar-refractivity contribution in [2.75, 3.05) is 6.61 Å². The van der Waals surface area contributed by atoms with Crippen LogP contribution in [0.25, 0.3) is 0 Å². The van der Waals surface area contributed by atoms with E-state index in [4.69, 9.17) is 4.52 Å². The molecular weight excluding hydrogens is 171 g/mol. The summed E-state index contributed by atoms with van der Waals surface area (Å²) < 4.78 is 14.8. The van der Waals surface area contributed by atoms with Gasteiger partial charge < -0.3 is 0 Å². The van der Waals surface area contributed by atoms with Crippen molar-refractivity contribution in [3.8, 4) is 0 Å². The molecular formula is C9H17O2P. The van der Waals surface area contributed by atoms with E-state index in [1.807, 2.05) is 0 Å². The van der Waals surface area contributed by atoms with Crippen molar-refractivity contribution >= 4 is 8.69 Å². The largest absolute Gasteiger partial charge is 0.327 e. The fraction of sp³-hybridized carbons (Fsp3) is 1.00. The molecule has 0 saturated heterocycles. The van der Waals surface area contributed by atoms with E-state index in [0.717, 1.165) is 18.3 Å². The zero-order chi connectivity index (χ0) is 8.81. The van der Waals surface area contributed by atoms with E-state index in [1.54, 1.807) is 0 Å². The summed E-state index contributed by atoms with van der Waals surface area (Å²) in [6, 6.07) is 0. The molecule has 2 atom stereocenters. The predicted octanol–water partition coefficient (Wildman–Crippen LogP) is 3.43. The first-order chi connectivity index (χ1) is 5.86. The minimum Gasteiger partial charge on any atom is -0.294 e. The highest BCUT2D eigenvalue weighted by Gasteiger charge is 2.22. The number of hydrogen-bond acceptors (Lipinski definition) is 2. The van der Waals surface area contributed by atoms with E-state index >= 15 is 0 Å². The van der Waals surface area contributed by atoms with Gasteiger partial charge in [0.25, 0.3) is 0 Å². The minimum absolute atomic E-state index is 0.167. The van der Waals surface area contributed by atoms with Gasteiger partial charge in [0.2, 0.25) is 0 Å². The molecule has 0 spiro atoms. The summed E-state index contributed by atoms with van der Waals surface area (Å²) in [5, 5.41) is 0. The lowest BCUT2D eigenvalue weighted by molar-refractivity contribution is 0.296. The molecule has 0 aromatic rings. The average molecular weight is 188 g/mol. The minimum atomic E-state index is -0.167. The summed E-state index contributed by atoms with van der Waals surface area (Å²) in [7, 11) is -0.167. The van der Waals surface area contributed by atoms with Crippen molar-refractivity contribution in [2.24, 2.45) is 11.8 Å². The van der Waals surface area contributed by atoms with E-state index in [9.17, 15) is 4.57 Å². The summed E-state index contributed by atoms with van der Waals surface area (Å²) in [5.74, 6) is 1.77. The maximum absolute atomic E-state index is 9.97. The highest BCUT2D eigenvalue weighted by atomic mass is 31.1. The molecule has 0 radical (unpaired) electrons. The Hall–Kier alpha value is 0.0600. The molecule has 3 heteroatoms. The molecule has 0 amide bonds. The molecule has 70 valence electrons. The number of rotatable bonds is 5. The second-order valence-electron chi connectivity index (χ2n) is 3.65. The van der Waals surface area contributed by atoms with Crippen LogP contribution in [0.3, 0.4) is 0 Å². The van der Waals surface area contributed by atoms with Crippen molar-refractivity contribution in [1.82, 2.24) is 0 Å². The average Bonchev–Trinajstić information content (AvgIpc) is 2.53. The second kappa shape index (κ2) is 5.66. The molecule has 2 nitrogen and oxygen atoms in total. The predicted molar refractivity (Wildman–Crippen MR) is 49.3 cm³/mol. The maximum atomic E-state index is 9.97. The smallest absolute Gasteiger partial charge is 0.294 e. The van der Waals surface area contributed by atoms with Gasteiger partial charge in [0, 0.05) is 0 Å². The molecule has 0 aliphatic heterocycles. The van der Waals surface area contributed by atoms with E-state index < -0.39 is 0 Å². The Bertz CT molecular complexity index is 138. The van der Waals surface area contributed by atoms with Gasteiger partial charge in [-0.25, -0.2) is 4.57 Å². The van der Waals surface area contributed by atoms with E-state index in [0.29, 0.717) is 6.61 Å². The van der Waals surface area contributed by atoms with Crippen molar-refractivity contribution in [3.05, 3.63) is 0 Å². The molecule has 1 saturated carbocycles. The molecule has 0 bridgehead atoms. The second-order valence-corrected chi connectivity index (χ2v) is 4.06. The van der Waals surface area contributed by atoms with Crippen molar-refractivity contribution in [2.45, 2.75) is 39.0 Å². The summed E-state index contributed by atoms with van der Waals surface area (Å²) >= 11 is 0. The van der Waals surface area contributed by atoms with Gasteiger partial charge in [0.05, 0.1) is 6.61 Å². The Kier molecular flexibility index (Phi) is 4.79. The highest BCUT2D eigenvalue weighted by molar-refractivity contribution is 7.17. The monoisotopic (exact) mass is 188 g/mol. The van der Waals surface area contributed by atoms with Crippen LogP contribution < -0.4 is 0 Å². The summed E-state index contributed by atoms with van der Waals surface area (Å²) in [5.41, 5.74) is 0. The van der Waals surface area contributed by atoms with Crippen LogP contribution in [0.4, 0.5) is 0 Å². The topological polar surface area (TPSA) is 26.3 Å². The van der Waals surface area contributed by atoms with Gasteiger partial charge in [-0.05, 0) is 24.7 Å². The van der Waals surface area contributed by atoms with Crippen LogP contribution >= 0.6 is 8.69 Å². The van der Waals surface area contributed by atoms with Gasteiger partial charge in [-0.1, -0.05) is 26.2 Å². The Morgan fingerprint density at radius 2 is 2.17 bits per heavy atom. The van der Waals surface area contributed by atoms with Gasteiger partial charge in [0.15, 0.2) is 0 Å². The fourth-order valence-corrected chi connectivity index (χ4v) is 2.25. The third-order valence-electron chi connectivity index (χ3n) is 2.90. The zero-order valence-electron chi connectivity index (χ0n) is 7.66. The third kappa shape index (κ3) is 3.20. The van der Waals surface area contributed by atoms with Gasteiger partial charge >= 0.3 is 8.69 Å². The molecule has 1 rings (SSSR count). The van der Waals surface area contributed by atoms with Crippen LogP contribution in [0.1, 0.15) is 39.0 Å². The van der Waals surface area contributed by atoms with Gasteiger partial charge in [-0.2, -0.15) is 0 Å². The standard InChI is InChI=1S/C9H17O2P/c1-2-8-3-4-9(7-8)5-6-11-12-10/h8-9H,2-7H2,1H3. The van der Waals surface area contributed by atoms with Crippen LogP contribution in [0, 0.1) is 11.8 Å².